The molecule has 0 unspecified atom stereocenters. The summed E-state index contributed by atoms with van der Waals surface area (Å²) in [6, 6.07) is 4.95. The van der Waals surface area contributed by atoms with Crippen LogP contribution in [0.25, 0.3) is 0 Å². The zero-order valence-electron chi connectivity index (χ0n) is 7.76. The van der Waals surface area contributed by atoms with Gasteiger partial charge in [-0.2, -0.15) is 0 Å². The highest BCUT2D eigenvalue weighted by atomic mass is 35.5. The van der Waals surface area contributed by atoms with E-state index in [1.807, 2.05) is 0 Å². The molecule has 1 aliphatic heterocycles. The van der Waals surface area contributed by atoms with E-state index in [2.05, 4.69) is 12.0 Å². The van der Waals surface area contributed by atoms with Gasteiger partial charge in [-0.3, -0.25) is 10.2 Å². The Labute approximate surface area is 97.2 Å². The van der Waals surface area contributed by atoms with E-state index in [4.69, 9.17) is 23.2 Å². The van der Waals surface area contributed by atoms with Crippen molar-refractivity contribution in [3.8, 4) is 0 Å². The van der Waals surface area contributed by atoms with Crippen LogP contribution < -0.4 is 10.4 Å². The van der Waals surface area contributed by atoms with Crippen LogP contribution in [0.2, 0.25) is 10.0 Å². The molecule has 1 amide bonds. The Morgan fingerprint density at radius 3 is 2.73 bits per heavy atom. The van der Waals surface area contributed by atoms with Crippen molar-refractivity contribution in [3.63, 3.8) is 0 Å². The Bertz CT molecular complexity index is 445. The molecule has 3 nitrogen and oxygen atoms in total. The fourth-order valence-corrected chi connectivity index (χ4v) is 1.74. The van der Waals surface area contributed by atoms with Crippen molar-refractivity contribution in [2.45, 2.75) is 6.42 Å². The maximum atomic E-state index is 11.5. The highest BCUT2D eigenvalue weighted by Crippen LogP contribution is 2.30. The van der Waals surface area contributed by atoms with E-state index in [1.165, 1.54) is 5.01 Å². The molecule has 0 aliphatic carbocycles. The van der Waals surface area contributed by atoms with Gasteiger partial charge in [-0.1, -0.05) is 29.8 Å². The fourth-order valence-electron chi connectivity index (χ4n) is 1.37. The summed E-state index contributed by atoms with van der Waals surface area (Å²) in [5.74, 6) is -0.0934. The number of rotatable bonds is 1. The molecule has 2 rings (SSSR count). The minimum Gasteiger partial charge on any atom is -0.296 e. The van der Waals surface area contributed by atoms with Crippen molar-refractivity contribution in [3.05, 3.63) is 40.5 Å². The topological polar surface area (TPSA) is 32.3 Å². The summed E-state index contributed by atoms with van der Waals surface area (Å²) in [6.45, 7) is 3.68. The van der Waals surface area contributed by atoms with Crippen LogP contribution in [0.3, 0.4) is 0 Å². The smallest absolute Gasteiger partial charge is 0.251 e. The number of halogens is 2. The lowest BCUT2D eigenvalue weighted by Gasteiger charge is -2.17. The Kier molecular flexibility index (Phi) is 2.59. The summed E-state index contributed by atoms with van der Waals surface area (Å²) >= 11 is 11.8. The maximum absolute atomic E-state index is 11.5. The zero-order chi connectivity index (χ0) is 11.0. The van der Waals surface area contributed by atoms with Gasteiger partial charge in [-0.25, -0.2) is 5.01 Å². The van der Waals surface area contributed by atoms with E-state index < -0.39 is 0 Å². The molecule has 15 heavy (non-hydrogen) atoms. The molecule has 1 saturated heterocycles. The van der Waals surface area contributed by atoms with E-state index in [1.54, 1.807) is 18.2 Å². The van der Waals surface area contributed by atoms with Gasteiger partial charge >= 0.3 is 0 Å². The number of benzene rings is 1. The summed E-state index contributed by atoms with van der Waals surface area (Å²) in [4.78, 5) is 11.5. The SMILES string of the molecule is C=C1CC(=O)N(c2cc(Cl)ccc2Cl)N1. The van der Waals surface area contributed by atoms with Gasteiger partial charge in [0.2, 0.25) is 0 Å². The second-order valence-electron chi connectivity index (χ2n) is 3.22. The summed E-state index contributed by atoms with van der Waals surface area (Å²) in [5.41, 5.74) is 4.03. The van der Waals surface area contributed by atoms with Gasteiger partial charge in [0.1, 0.15) is 0 Å². The maximum Gasteiger partial charge on any atom is 0.251 e. The van der Waals surface area contributed by atoms with Gasteiger partial charge < -0.3 is 0 Å². The van der Waals surface area contributed by atoms with Gasteiger partial charge in [0, 0.05) is 10.7 Å². The Morgan fingerprint density at radius 1 is 1.40 bits per heavy atom. The molecule has 1 aromatic rings. The molecule has 1 fully saturated rings. The number of hydrogen-bond acceptors (Lipinski definition) is 2. The largest absolute Gasteiger partial charge is 0.296 e. The predicted molar refractivity (Wildman–Crippen MR) is 60.8 cm³/mol. The van der Waals surface area contributed by atoms with Crippen molar-refractivity contribution >= 4 is 34.8 Å². The van der Waals surface area contributed by atoms with Crippen molar-refractivity contribution in [1.82, 2.24) is 5.43 Å². The number of amides is 1. The van der Waals surface area contributed by atoms with Gasteiger partial charge in [0.15, 0.2) is 0 Å². The number of carbonyl (C=O) groups excluding carboxylic acids is 1. The molecular weight excluding hydrogens is 235 g/mol. The van der Waals surface area contributed by atoms with E-state index in [0.717, 1.165) is 0 Å². The molecule has 0 atom stereocenters. The van der Waals surface area contributed by atoms with E-state index in [-0.39, 0.29) is 12.3 Å². The van der Waals surface area contributed by atoms with Crippen LogP contribution in [0.5, 0.6) is 0 Å². The number of carbonyl (C=O) groups is 1. The minimum atomic E-state index is -0.0934. The number of anilines is 1. The lowest BCUT2D eigenvalue weighted by atomic mass is 10.3. The van der Waals surface area contributed by atoms with Crippen LogP contribution in [0.4, 0.5) is 5.69 Å². The highest BCUT2D eigenvalue weighted by molar-refractivity contribution is 6.35. The molecule has 0 radical (unpaired) electrons. The standard InChI is InChI=1S/C10H8Cl2N2O/c1-6-4-10(15)14(13-6)9-5-7(11)2-3-8(9)12/h2-3,5,13H,1,4H2. The first-order valence-corrected chi connectivity index (χ1v) is 5.06. The third-order valence-electron chi connectivity index (χ3n) is 2.03. The van der Waals surface area contributed by atoms with Crippen molar-refractivity contribution < 1.29 is 4.79 Å². The number of hydrazine groups is 1. The lowest BCUT2D eigenvalue weighted by molar-refractivity contribution is -0.117. The Balaban J connectivity index is 2.41. The van der Waals surface area contributed by atoms with Crippen molar-refractivity contribution in [1.29, 1.82) is 0 Å². The van der Waals surface area contributed by atoms with E-state index in [0.29, 0.717) is 21.4 Å². The lowest BCUT2D eigenvalue weighted by Crippen LogP contribution is -2.33. The molecule has 0 spiro atoms. The van der Waals surface area contributed by atoms with Crippen LogP contribution in [0, 0.1) is 0 Å². The second-order valence-corrected chi connectivity index (χ2v) is 4.06. The number of hydrogen-bond donors (Lipinski definition) is 1. The molecular formula is C10H8Cl2N2O. The summed E-state index contributed by atoms with van der Waals surface area (Å²) < 4.78 is 0. The van der Waals surface area contributed by atoms with Crippen molar-refractivity contribution in [2.75, 3.05) is 5.01 Å². The van der Waals surface area contributed by atoms with Crippen LogP contribution in [-0.2, 0) is 4.79 Å². The normalized spacial score (nSPS) is 15.7. The van der Waals surface area contributed by atoms with Gasteiger partial charge in [-0.15, -0.1) is 0 Å². The Hall–Kier alpha value is -1.19. The number of nitrogens with one attached hydrogen (secondary N) is 1. The average molecular weight is 243 g/mol. The first-order chi connectivity index (χ1) is 7.08. The third-order valence-corrected chi connectivity index (χ3v) is 2.59. The van der Waals surface area contributed by atoms with Gasteiger partial charge in [0.25, 0.3) is 5.91 Å². The van der Waals surface area contributed by atoms with Crippen LogP contribution in [-0.4, -0.2) is 5.91 Å². The Morgan fingerprint density at radius 2 is 2.13 bits per heavy atom. The molecule has 1 N–H and O–H groups in total. The van der Waals surface area contributed by atoms with Crippen LogP contribution in [0.1, 0.15) is 6.42 Å². The summed E-state index contributed by atoms with van der Waals surface area (Å²) in [6.07, 6.45) is 0.281. The predicted octanol–water partition coefficient (Wildman–Crippen LogP) is 2.75. The third kappa shape index (κ3) is 1.94. The molecule has 0 saturated carbocycles. The van der Waals surface area contributed by atoms with Gasteiger partial charge in [-0.05, 0) is 18.2 Å². The molecule has 1 aromatic carbocycles. The molecule has 78 valence electrons. The van der Waals surface area contributed by atoms with Crippen LogP contribution >= 0.6 is 23.2 Å². The number of nitrogens with zero attached hydrogens (tertiary/aromatic N) is 1. The second kappa shape index (κ2) is 3.76. The van der Waals surface area contributed by atoms with Gasteiger partial charge in [0.05, 0.1) is 17.1 Å². The molecule has 5 heteroatoms. The van der Waals surface area contributed by atoms with Crippen molar-refractivity contribution in [2.24, 2.45) is 0 Å². The minimum absolute atomic E-state index is 0.0934. The highest BCUT2D eigenvalue weighted by Gasteiger charge is 2.26. The fraction of sp³-hybridized carbons (Fsp3) is 0.100. The first kappa shape index (κ1) is 10.3. The summed E-state index contributed by atoms with van der Waals surface area (Å²) in [7, 11) is 0. The van der Waals surface area contributed by atoms with E-state index in [9.17, 15) is 4.79 Å². The summed E-state index contributed by atoms with van der Waals surface area (Å²) in [5, 5.41) is 2.35. The average Bonchev–Trinajstić information content (AvgIpc) is 2.50. The molecule has 0 bridgehead atoms. The zero-order valence-corrected chi connectivity index (χ0v) is 9.27. The molecule has 1 aliphatic rings. The quantitative estimate of drug-likeness (QED) is 0.822. The van der Waals surface area contributed by atoms with E-state index >= 15 is 0 Å². The molecule has 0 aromatic heterocycles. The molecule has 1 heterocycles. The monoisotopic (exact) mass is 242 g/mol. The first-order valence-electron chi connectivity index (χ1n) is 4.30. The van der Waals surface area contributed by atoms with Crippen LogP contribution in [0.15, 0.2) is 30.5 Å².